The van der Waals surface area contributed by atoms with Crippen LogP contribution in [0.3, 0.4) is 0 Å². The van der Waals surface area contributed by atoms with Crippen LogP contribution in [0.25, 0.3) is 0 Å². The Hall–Kier alpha value is -0.730. The van der Waals surface area contributed by atoms with E-state index in [2.05, 4.69) is 10.3 Å². The van der Waals surface area contributed by atoms with Gasteiger partial charge in [0.05, 0.1) is 12.1 Å². The summed E-state index contributed by atoms with van der Waals surface area (Å²) in [7, 11) is 0. The zero-order chi connectivity index (χ0) is 6.97. The maximum absolute atomic E-state index is 7.27. The molecule has 0 saturated heterocycles. The van der Waals surface area contributed by atoms with Gasteiger partial charge in [0.25, 0.3) is 0 Å². The number of hydrogen-bond donors (Lipinski definition) is 1. The van der Waals surface area contributed by atoms with Crippen LogP contribution in [0.15, 0.2) is 4.99 Å². The van der Waals surface area contributed by atoms with Gasteiger partial charge in [-0.2, -0.15) is 0 Å². The predicted octanol–water partition coefficient (Wildman–Crippen LogP) is 0.540. The van der Waals surface area contributed by atoms with E-state index >= 15 is 0 Å². The maximum atomic E-state index is 7.27. The van der Waals surface area contributed by atoms with Crippen LogP contribution in [0.4, 0.5) is 0 Å². The van der Waals surface area contributed by atoms with Gasteiger partial charge in [-0.1, -0.05) is 12.8 Å². The summed E-state index contributed by atoms with van der Waals surface area (Å²) in [5.41, 5.74) is 7.27. The molecule has 2 N–H and O–H groups in total. The summed E-state index contributed by atoms with van der Waals surface area (Å²) in [5.74, 6) is 0.400. The number of fused-ring (bicyclic) bond motifs is 1. The normalized spacial score (nSPS) is 38.2. The summed E-state index contributed by atoms with van der Waals surface area (Å²) >= 11 is 0. The van der Waals surface area contributed by atoms with E-state index in [0.29, 0.717) is 18.0 Å². The van der Waals surface area contributed by atoms with Crippen molar-refractivity contribution in [2.45, 2.75) is 37.8 Å². The lowest BCUT2D eigenvalue weighted by Gasteiger charge is -2.22. The first-order valence-corrected chi connectivity index (χ1v) is 3.92. The quantitative estimate of drug-likeness (QED) is 0.521. The molecule has 1 fully saturated rings. The molecule has 0 aromatic heterocycles. The third-order valence-electron chi connectivity index (χ3n) is 2.35. The van der Waals surface area contributed by atoms with Gasteiger partial charge >= 0.3 is 0 Å². The van der Waals surface area contributed by atoms with Crippen molar-refractivity contribution >= 4 is 5.96 Å². The standard InChI is InChI=1S/C7H12N3/c8-7-9-5-3-1-2-4-6(5)10-7/h5-6,8H,1-4H2,(H,9,10). The number of rotatable bonds is 0. The van der Waals surface area contributed by atoms with Gasteiger partial charge in [-0.15, -0.1) is 0 Å². The van der Waals surface area contributed by atoms with E-state index < -0.39 is 0 Å². The summed E-state index contributed by atoms with van der Waals surface area (Å²) in [6.45, 7) is 0. The van der Waals surface area contributed by atoms with Crippen molar-refractivity contribution in [3.63, 3.8) is 0 Å². The summed E-state index contributed by atoms with van der Waals surface area (Å²) in [6.07, 6.45) is 4.98. The molecular weight excluding hydrogens is 126 g/mol. The van der Waals surface area contributed by atoms with Gasteiger partial charge in [0.15, 0.2) is 0 Å². The largest absolute Gasteiger partial charge is 0.350 e. The SMILES string of the molecule is [NH]C1=NC2CCCCC2N1. The van der Waals surface area contributed by atoms with Crippen molar-refractivity contribution in [2.75, 3.05) is 0 Å². The van der Waals surface area contributed by atoms with Crippen molar-refractivity contribution in [2.24, 2.45) is 4.99 Å². The molecule has 1 saturated carbocycles. The minimum Gasteiger partial charge on any atom is -0.350 e. The highest BCUT2D eigenvalue weighted by molar-refractivity contribution is 5.79. The lowest BCUT2D eigenvalue weighted by atomic mass is 9.92. The van der Waals surface area contributed by atoms with Crippen molar-refractivity contribution < 1.29 is 0 Å². The van der Waals surface area contributed by atoms with Crippen molar-refractivity contribution in [3.05, 3.63) is 0 Å². The fourth-order valence-electron chi connectivity index (χ4n) is 1.81. The molecular formula is C7H12N3. The van der Waals surface area contributed by atoms with Crippen LogP contribution in [0.2, 0.25) is 0 Å². The number of guanidine groups is 1. The lowest BCUT2D eigenvalue weighted by molar-refractivity contribution is 0.384. The Kier molecular flexibility index (Phi) is 1.29. The molecule has 2 unspecified atom stereocenters. The first kappa shape index (κ1) is 6.01. The zero-order valence-corrected chi connectivity index (χ0v) is 5.93. The van der Waals surface area contributed by atoms with Gasteiger partial charge in [-0.25, -0.2) is 4.99 Å². The van der Waals surface area contributed by atoms with Gasteiger partial charge in [-0.3, -0.25) is 5.73 Å². The average Bonchev–Trinajstić information content (AvgIpc) is 2.27. The monoisotopic (exact) mass is 138 g/mol. The lowest BCUT2D eigenvalue weighted by Crippen LogP contribution is -2.36. The zero-order valence-electron chi connectivity index (χ0n) is 5.93. The number of nitrogens with zero attached hydrogens (tertiary/aromatic N) is 1. The predicted molar refractivity (Wildman–Crippen MR) is 39.7 cm³/mol. The molecule has 0 bridgehead atoms. The summed E-state index contributed by atoms with van der Waals surface area (Å²) < 4.78 is 0. The van der Waals surface area contributed by atoms with E-state index in [-0.39, 0.29) is 0 Å². The van der Waals surface area contributed by atoms with Crippen LogP contribution in [-0.2, 0) is 0 Å². The molecule has 1 radical (unpaired) electrons. The molecule has 2 aliphatic rings. The molecule has 1 heterocycles. The van der Waals surface area contributed by atoms with Crippen LogP contribution >= 0.6 is 0 Å². The van der Waals surface area contributed by atoms with Crippen LogP contribution in [0.5, 0.6) is 0 Å². The maximum Gasteiger partial charge on any atom is 0.211 e. The van der Waals surface area contributed by atoms with Gasteiger partial charge < -0.3 is 5.32 Å². The van der Waals surface area contributed by atoms with Crippen LogP contribution < -0.4 is 11.1 Å². The molecule has 55 valence electrons. The Bertz CT molecular complexity index is 164. The number of aliphatic imine (C=N–C) groups is 1. The van der Waals surface area contributed by atoms with Gasteiger partial charge in [-0.05, 0) is 12.8 Å². The average molecular weight is 138 g/mol. The van der Waals surface area contributed by atoms with Crippen LogP contribution in [0.1, 0.15) is 25.7 Å². The molecule has 2 rings (SSSR count). The van der Waals surface area contributed by atoms with Crippen LogP contribution in [0, 0.1) is 0 Å². The van der Waals surface area contributed by atoms with Gasteiger partial charge in [0.2, 0.25) is 5.96 Å². The second-order valence-electron chi connectivity index (χ2n) is 3.08. The Morgan fingerprint density at radius 3 is 3.00 bits per heavy atom. The van der Waals surface area contributed by atoms with Gasteiger partial charge in [0.1, 0.15) is 0 Å². The first-order chi connectivity index (χ1) is 4.86. The molecule has 2 atom stereocenters. The Morgan fingerprint density at radius 2 is 2.20 bits per heavy atom. The molecule has 3 heteroatoms. The number of hydrogen-bond acceptors (Lipinski definition) is 2. The minimum absolute atomic E-state index is 0.400. The van der Waals surface area contributed by atoms with Crippen molar-refractivity contribution in [3.8, 4) is 0 Å². The molecule has 0 amide bonds. The molecule has 3 nitrogen and oxygen atoms in total. The molecule has 0 aromatic carbocycles. The van der Waals surface area contributed by atoms with E-state index in [9.17, 15) is 0 Å². The Balaban J connectivity index is 2.06. The summed E-state index contributed by atoms with van der Waals surface area (Å²) in [6, 6.07) is 0.933. The van der Waals surface area contributed by atoms with E-state index in [1.54, 1.807) is 0 Å². The smallest absolute Gasteiger partial charge is 0.211 e. The first-order valence-electron chi connectivity index (χ1n) is 3.92. The van der Waals surface area contributed by atoms with E-state index in [1.807, 2.05) is 0 Å². The molecule has 0 spiro atoms. The third kappa shape index (κ3) is 0.856. The van der Waals surface area contributed by atoms with Crippen molar-refractivity contribution in [1.82, 2.24) is 11.1 Å². The molecule has 1 aliphatic heterocycles. The van der Waals surface area contributed by atoms with E-state index in [4.69, 9.17) is 5.73 Å². The summed E-state index contributed by atoms with van der Waals surface area (Å²) in [5, 5.41) is 3.07. The minimum atomic E-state index is 0.400. The van der Waals surface area contributed by atoms with Gasteiger partial charge in [0, 0.05) is 0 Å². The molecule has 1 aliphatic carbocycles. The molecule has 10 heavy (non-hydrogen) atoms. The summed E-state index contributed by atoms with van der Waals surface area (Å²) in [4.78, 5) is 4.18. The van der Waals surface area contributed by atoms with E-state index in [1.165, 1.54) is 25.7 Å². The Labute approximate surface area is 60.7 Å². The fraction of sp³-hybridized carbons (Fsp3) is 0.857. The van der Waals surface area contributed by atoms with Crippen LogP contribution in [-0.4, -0.2) is 18.0 Å². The fourth-order valence-corrected chi connectivity index (χ4v) is 1.81. The highest BCUT2D eigenvalue weighted by Crippen LogP contribution is 2.23. The number of nitrogens with one attached hydrogen (secondary N) is 2. The van der Waals surface area contributed by atoms with Crippen molar-refractivity contribution in [1.29, 1.82) is 0 Å². The topological polar surface area (TPSA) is 48.2 Å². The Morgan fingerprint density at radius 1 is 1.40 bits per heavy atom. The third-order valence-corrected chi connectivity index (χ3v) is 2.35. The highest BCUT2D eigenvalue weighted by Gasteiger charge is 2.29. The highest BCUT2D eigenvalue weighted by atomic mass is 15.2. The molecule has 0 aromatic rings. The van der Waals surface area contributed by atoms with E-state index in [0.717, 1.165) is 0 Å². The second kappa shape index (κ2) is 2.15. The second-order valence-corrected chi connectivity index (χ2v) is 3.08.